The van der Waals surface area contributed by atoms with Gasteiger partial charge in [0.25, 0.3) is 0 Å². The molecule has 120 valence electrons. The Bertz CT molecular complexity index is 696. The fourth-order valence-corrected chi connectivity index (χ4v) is 1.89. The second-order valence-electron chi connectivity index (χ2n) is 4.72. The van der Waals surface area contributed by atoms with Crippen molar-refractivity contribution in [3.63, 3.8) is 0 Å². The Morgan fingerprint density at radius 3 is 2.39 bits per heavy atom. The smallest absolute Gasteiger partial charge is 0.365 e. The predicted octanol–water partition coefficient (Wildman–Crippen LogP) is 2.38. The molecule has 0 aromatic heterocycles. The summed E-state index contributed by atoms with van der Waals surface area (Å²) in [4.78, 5) is 16.7. The first-order valence-electron chi connectivity index (χ1n) is 6.93. The van der Waals surface area contributed by atoms with Crippen LogP contribution in [0, 0.1) is 0 Å². The van der Waals surface area contributed by atoms with Gasteiger partial charge >= 0.3 is 5.97 Å². The lowest BCUT2D eigenvalue weighted by Crippen LogP contribution is -2.16. The number of carbonyl (C=O) groups is 1. The predicted molar refractivity (Wildman–Crippen MR) is 86.7 cm³/mol. The minimum atomic E-state index is -0.596. The number of nitrogens with two attached hydrogens (primary N) is 1. The fraction of sp³-hybridized carbons (Fsp3) is 0.176. The van der Waals surface area contributed by atoms with E-state index in [1.165, 1.54) is 7.11 Å². The van der Waals surface area contributed by atoms with Gasteiger partial charge in [0, 0.05) is 6.42 Å². The van der Waals surface area contributed by atoms with Gasteiger partial charge in [-0.15, -0.1) is 0 Å². The van der Waals surface area contributed by atoms with E-state index < -0.39 is 5.97 Å². The molecule has 6 heteroatoms. The molecule has 0 aliphatic rings. The number of ether oxygens (including phenoxy) is 2. The average Bonchev–Trinajstić information content (AvgIpc) is 2.60. The monoisotopic (exact) mass is 314 g/mol. The van der Waals surface area contributed by atoms with E-state index in [9.17, 15) is 4.79 Å². The molecule has 0 saturated carbocycles. The van der Waals surface area contributed by atoms with Crippen molar-refractivity contribution in [1.29, 1.82) is 0 Å². The summed E-state index contributed by atoms with van der Waals surface area (Å²) in [5, 5.41) is 3.67. The van der Waals surface area contributed by atoms with Gasteiger partial charge in [-0.05, 0) is 35.9 Å². The highest BCUT2D eigenvalue weighted by atomic mass is 16.7. The first-order chi connectivity index (χ1) is 11.1. The second kappa shape index (κ2) is 7.84. The molecule has 2 N–H and O–H groups in total. The minimum absolute atomic E-state index is 0.200. The van der Waals surface area contributed by atoms with Crippen LogP contribution < -0.4 is 15.2 Å². The standard InChI is InChI=1S/C17H18N2O4/c1-21-14-8-6-12(7-9-14)10-16(18)19-23-17(20)13-4-3-5-15(11-13)22-2/h3-9,11H,10H2,1-2H3,(H2,18,19). The van der Waals surface area contributed by atoms with E-state index in [1.54, 1.807) is 31.4 Å². The maximum atomic E-state index is 11.9. The molecule has 0 atom stereocenters. The Labute approximate surface area is 134 Å². The van der Waals surface area contributed by atoms with Crippen molar-refractivity contribution in [1.82, 2.24) is 0 Å². The summed E-state index contributed by atoms with van der Waals surface area (Å²) in [5.41, 5.74) is 7.05. The van der Waals surface area contributed by atoms with Gasteiger partial charge < -0.3 is 20.0 Å². The van der Waals surface area contributed by atoms with Crippen molar-refractivity contribution in [2.45, 2.75) is 6.42 Å². The summed E-state index contributed by atoms with van der Waals surface area (Å²) >= 11 is 0. The molecule has 0 aliphatic carbocycles. The molecule has 0 bridgehead atoms. The maximum absolute atomic E-state index is 11.9. The Hall–Kier alpha value is -3.02. The molecule has 0 unspecified atom stereocenters. The van der Waals surface area contributed by atoms with Crippen LogP contribution in [-0.4, -0.2) is 26.0 Å². The van der Waals surface area contributed by atoms with Gasteiger partial charge in [0.15, 0.2) is 0 Å². The van der Waals surface area contributed by atoms with E-state index in [4.69, 9.17) is 20.0 Å². The van der Waals surface area contributed by atoms with Gasteiger partial charge in [-0.2, -0.15) is 0 Å². The Morgan fingerprint density at radius 2 is 1.74 bits per heavy atom. The highest BCUT2D eigenvalue weighted by Gasteiger charge is 2.08. The van der Waals surface area contributed by atoms with Crippen molar-refractivity contribution < 1.29 is 19.1 Å². The summed E-state index contributed by atoms with van der Waals surface area (Å²) in [6, 6.07) is 14.0. The first kappa shape index (κ1) is 16.4. The van der Waals surface area contributed by atoms with Crippen LogP contribution in [0.25, 0.3) is 0 Å². The molecule has 6 nitrogen and oxygen atoms in total. The topological polar surface area (TPSA) is 83.1 Å². The van der Waals surface area contributed by atoms with Crippen LogP contribution in [-0.2, 0) is 11.3 Å². The quantitative estimate of drug-likeness (QED) is 0.383. The number of methoxy groups -OCH3 is 2. The van der Waals surface area contributed by atoms with E-state index in [1.807, 2.05) is 24.3 Å². The van der Waals surface area contributed by atoms with Gasteiger partial charge in [-0.3, -0.25) is 0 Å². The number of hydrogen-bond donors (Lipinski definition) is 1. The molecular formula is C17H18N2O4. The summed E-state index contributed by atoms with van der Waals surface area (Å²) < 4.78 is 10.1. The van der Waals surface area contributed by atoms with Gasteiger partial charge in [0.2, 0.25) is 0 Å². The molecule has 0 spiro atoms. The maximum Gasteiger partial charge on any atom is 0.365 e. The minimum Gasteiger partial charge on any atom is -0.497 e. The molecule has 0 amide bonds. The third-order valence-electron chi connectivity index (χ3n) is 3.10. The fourth-order valence-electron chi connectivity index (χ4n) is 1.89. The Kier molecular flexibility index (Phi) is 5.57. The van der Waals surface area contributed by atoms with Crippen molar-refractivity contribution in [3.8, 4) is 11.5 Å². The third-order valence-corrected chi connectivity index (χ3v) is 3.10. The SMILES string of the molecule is COc1ccc(C/C(N)=N\OC(=O)c2cccc(OC)c2)cc1. The van der Waals surface area contributed by atoms with Gasteiger partial charge in [0.1, 0.15) is 17.3 Å². The van der Waals surface area contributed by atoms with Gasteiger partial charge in [-0.1, -0.05) is 23.4 Å². The van der Waals surface area contributed by atoms with E-state index in [0.29, 0.717) is 17.7 Å². The number of benzene rings is 2. The number of amidine groups is 1. The molecule has 23 heavy (non-hydrogen) atoms. The molecule has 2 rings (SSSR count). The van der Waals surface area contributed by atoms with Crippen LogP contribution in [0.3, 0.4) is 0 Å². The number of carbonyl (C=O) groups excluding carboxylic acids is 1. The molecule has 0 aliphatic heterocycles. The Morgan fingerprint density at radius 1 is 1.04 bits per heavy atom. The lowest BCUT2D eigenvalue weighted by molar-refractivity contribution is 0.0514. The second-order valence-corrected chi connectivity index (χ2v) is 4.72. The van der Waals surface area contributed by atoms with Crippen molar-refractivity contribution >= 4 is 11.8 Å². The molecule has 2 aromatic rings. The highest BCUT2D eigenvalue weighted by Crippen LogP contribution is 2.14. The highest BCUT2D eigenvalue weighted by molar-refractivity contribution is 5.91. The molecule has 0 fully saturated rings. The van der Waals surface area contributed by atoms with Crippen molar-refractivity contribution in [2.75, 3.05) is 14.2 Å². The van der Waals surface area contributed by atoms with E-state index >= 15 is 0 Å². The van der Waals surface area contributed by atoms with Crippen molar-refractivity contribution in [3.05, 3.63) is 59.7 Å². The van der Waals surface area contributed by atoms with E-state index in [-0.39, 0.29) is 5.84 Å². The first-order valence-corrected chi connectivity index (χ1v) is 6.93. The zero-order valence-corrected chi connectivity index (χ0v) is 13.0. The van der Waals surface area contributed by atoms with Crippen molar-refractivity contribution in [2.24, 2.45) is 10.9 Å². The lowest BCUT2D eigenvalue weighted by atomic mass is 10.1. The number of rotatable bonds is 6. The summed E-state index contributed by atoms with van der Waals surface area (Å²) in [6.45, 7) is 0. The zero-order chi connectivity index (χ0) is 16.7. The van der Waals surface area contributed by atoms with Crippen LogP contribution in [0.4, 0.5) is 0 Å². The normalized spacial score (nSPS) is 11.0. The van der Waals surface area contributed by atoms with Crippen LogP contribution in [0.5, 0.6) is 11.5 Å². The summed E-state index contributed by atoms with van der Waals surface area (Å²) in [7, 11) is 3.12. The van der Waals surface area contributed by atoms with E-state index in [2.05, 4.69) is 5.16 Å². The number of oxime groups is 1. The Balaban J connectivity index is 1.96. The number of hydrogen-bond acceptors (Lipinski definition) is 5. The molecule has 0 radical (unpaired) electrons. The summed E-state index contributed by atoms with van der Waals surface area (Å²) in [6.07, 6.45) is 0.370. The molecule has 2 aromatic carbocycles. The van der Waals surface area contributed by atoms with Crippen LogP contribution in [0.15, 0.2) is 53.7 Å². The third kappa shape index (κ3) is 4.74. The molecule has 0 saturated heterocycles. The van der Waals surface area contributed by atoms with Crippen LogP contribution in [0.2, 0.25) is 0 Å². The lowest BCUT2D eigenvalue weighted by Gasteiger charge is -2.04. The van der Waals surface area contributed by atoms with Gasteiger partial charge in [0.05, 0.1) is 19.8 Å². The summed E-state index contributed by atoms with van der Waals surface area (Å²) in [5.74, 6) is 0.927. The van der Waals surface area contributed by atoms with Gasteiger partial charge in [-0.25, -0.2) is 4.79 Å². The molecular weight excluding hydrogens is 296 g/mol. The zero-order valence-electron chi connectivity index (χ0n) is 13.0. The average molecular weight is 314 g/mol. The van der Waals surface area contributed by atoms with Crippen LogP contribution >= 0.6 is 0 Å². The number of nitrogens with zero attached hydrogens (tertiary/aromatic N) is 1. The molecule has 0 heterocycles. The largest absolute Gasteiger partial charge is 0.497 e. The van der Waals surface area contributed by atoms with E-state index in [0.717, 1.165) is 11.3 Å². The van der Waals surface area contributed by atoms with Crippen LogP contribution in [0.1, 0.15) is 15.9 Å².